The summed E-state index contributed by atoms with van der Waals surface area (Å²) in [7, 11) is 0. The highest BCUT2D eigenvalue weighted by molar-refractivity contribution is 7.14. The lowest BCUT2D eigenvalue weighted by Gasteiger charge is -2.01. The van der Waals surface area contributed by atoms with Crippen molar-refractivity contribution >= 4 is 11.3 Å². The van der Waals surface area contributed by atoms with Crippen LogP contribution >= 0.6 is 11.3 Å². The Hall–Kier alpha value is -1.40. The Kier molecular flexibility index (Phi) is 3.28. The molecule has 1 aliphatic carbocycles. The molecule has 1 fully saturated rings. The zero-order valence-electron chi connectivity index (χ0n) is 10.4. The van der Waals surface area contributed by atoms with E-state index in [-0.39, 0.29) is 0 Å². The summed E-state index contributed by atoms with van der Waals surface area (Å²) in [5, 5.41) is 12.7. The smallest absolute Gasteiger partial charge is 0.150 e. The molecule has 0 radical (unpaired) electrons. The highest BCUT2D eigenvalue weighted by Crippen LogP contribution is 2.28. The second kappa shape index (κ2) is 4.94. The van der Waals surface area contributed by atoms with Gasteiger partial charge < -0.3 is 5.32 Å². The van der Waals surface area contributed by atoms with E-state index in [4.69, 9.17) is 0 Å². The Bertz CT molecular complexity index is 608. The van der Waals surface area contributed by atoms with Crippen LogP contribution in [0.4, 0.5) is 8.78 Å². The summed E-state index contributed by atoms with van der Waals surface area (Å²) >= 11 is 1.34. The Balaban J connectivity index is 1.83. The number of hydrogen-bond acceptors (Lipinski definition) is 4. The van der Waals surface area contributed by atoms with Crippen molar-refractivity contribution in [3.63, 3.8) is 0 Å². The number of halogens is 2. The average molecular weight is 281 g/mol. The van der Waals surface area contributed by atoms with Crippen molar-refractivity contribution in [2.24, 2.45) is 0 Å². The molecule has 6 heteroatoms. The van der Waals surface area contributed by atoms with Gasteiger partial charge in [0.15, 0.2) is 5.01 Å². The molecule has 1 aliphatic rings. The monoisotopic (exact) mass is 281 g/mol. The van der Waals surface area contributed by atoms with Crippen molar-refractivity contribution in [2.45, 2.75) is 32.4 Å². The molecular formula is C13H13F2N3S. The topological polar surface area (TPSA) is 37.8 Å². The second-order valence-electron chi connectivity index (χ2n) is 4.74. The summed E-state index contributed by atoms with van der Waals surface area (Å²) in [5.41, 5.74) is 0.721. The molecule has 1 aromatic carbocycles. The van der Waals surface area contributed by atoms with E-state index in [1.807, 2.05) is 0 Å². The maximum absolute atomic E-state index is 13.7. The molecule has 3 rings (SSSR count). The summed E-state index contributed by atoms with van der Waals surface area (Å²) < 4.78 is 26.9. The van der Waals surface area contributed by atoms with E-state index in [1.54, 1.807) is 6.92 Å². The molecule has 3 nitrogen and oxygen atoms in total. The molecule has 0 atom stereocenters. The minimum Gasteiger partial charge on any atom is -0.308 e. The maximum Gasteiger partial charge on any atom is 0.150 e. The van der Waals surface area contributed by atoms with Crippen LogP contribution in [0.2, 0.25) is 0 Å². The van der Waals surface area contributed by atoms with Gasteiger partial charge in [-0.2, -0.15) is 0 Å². The van der Waals surface area contributed by atoms with Crippen LogP contribution in [0.1, 0.15) is 23.4 Å². The first-order valence-corrected chi connectivity index (χ1v) is 6.97. The van der Waals surface area contributed by atoms with Crippen molar-refractivity contribution in [1.29, 1.82) is 0 Å². The van der Waals surface area contributed by atoms with Gasteiger partial charge in [-0.3, -0.25) is 0 Å². The number of rotatable bonds is 4. The Morgan fingerprint density at radius 2 is 2.05 bits per heavy atom. The average Bonchev–Trinajstić information content (AvgIpc) is 3.09. The lowest BCUT2D eigenvalue weighted by atomic mass is 10.1. The molecule has 0 bridgehead atoms. The number of aromatic nitrogens is 2. The number of hydrogen-bond donors (Lipinski definition) is 1. The SMILES string of the molecule is Cc1cc(-c2nnc(CNC3CC3)s2)c(F)cc1F. The standard InChI is InChI=1S/C13H13F2N3S/c1-7-4-9(11(15)5-10(7)14)13-18-17-12(19-13)6-16-8-2-3-8/h4-5,8,16H,2-3,6H2,1H3. The largest absolute Gasteiger partial charge is 0.308 e. The lowest BCUT2D eigenvalue weighted by Crippen LogP contribution is -2.14. The molecule has 19 heavy (non-hydrogen) atoms. The number of aryl methyl sites for hydroxylation is 1. The fourth-order valence-electron chi connectivity index (χ4n) is 1.77. The van der Waals surface area contributed by atoms with Gasteiger partial charge in [-0.25, -0.2) is 8.78 Å². The molecule has 0 saturated heterocycles. The quantitative estimate of drug-likeness (QED) is 0.936. The zero-order valence-corrected chi connectivity index (χ0v) is 11.2. The number of benzene rings is 1. The van der Waals surface area contributed by atoms with Gasteiger partial charge in [0.1, 0.15) is 16.6 Å². The molecule has 0 unspecified atom stereocenters. The molecule has 1 N–H and O–H groups in total. The summed E-state index contributed by atoms with van der Waals surface area (Å²) in [4.78, 5) is 0. The minimum absolute atomic E-state index is 0.314. The molecule has 0 amide bonds. The van der Waals surface area contributed by atoms with Gasteiger partial charge in [-0.05, 0) is 31.4 Å². The fraction of sp³-hybridized carbons (Fsp3) is 0.385. The van der Waals surface area contributed by atoms with Crippen LogP contribution < -0.4 is 5.32 Å². The second-order valence-corrected chi connectivity index (χ2v) is 5.80. The third kappa shape index (κ3) is 2.79. The van der Waals surface area contributed by atoms with E-state index >= 15 is 0 Å². The number of nitrogens with one attached hydrogen (secondary N) is 1. The normalized spacial score (nSPS) is 14.9. The van der Waals surface area contributed by atoms with Crippen LogP contribution in [0.25, 0.3) is 10.6 Å². The minimum atomic E-state index is -0.596. The van der Waals surface area contributed by atoms with Gasteiger partial charge in [0.25, 0.3) is 0 Å². The molecule has 2 aromatic rings. The van der Waals surface area contributed by atoms with Gasteiger partial charge in [0.2, 0.25) is 0 Å². The lowest BCUT2D eigenvalue weighted by molar-refractivity contribution is 0.579. The van der Waals surface area contributed by atoms with E-state index in [0.29, 0.717) is 28.7 Å². The van der Waals surface area contributed by atoms with Crippen LogP contribution in [0.5, 0.6) is 0 Å². The van der Waals surface area contributed by atoms with E-state index in [2.05, 4.69) is 15.5 Å². The Morgan fingerprint density at radius 1 is 1.26 bits per heavy atom. The molecule has 0 spiro atoms. The zero-order chi connectivity index (χ0) is 13.4. The van der Waals surface area contributed by atoms with Gasteiger partial charge >= 0.3 is 0 Å². The van der Waals surface area contributed by atoms with Crippen LogP contribution in [-0.4, -0.2) is 16.2 Å². The third-order valence-electron chi connectivity index (χ3n) is 3.06. The summed E-state index contributed by atoms with van der Waals surface area (Å²) in [6.45, 7) is 2.26. The number of nitrogens with zero attached hydrogens (tertiary/aromatic N) is 2. The van der Waals surface area contributed by atoms with E-state index in [1.165, 1.54) is 30.2 Å². The van der Waals surface area contributed by atoms with Crippen molar-refractivity contribution in [3.05, 3.63) is 34.3 Å². The highest BCUT2D eigenvalue weighted by atomic mass is 32.1. The van der Waals surface area contributed by atoms with Gasteiger partial charge in [0, 0.05) is 24.2 Å². The van der Waals surface area contributed by atoms with Crippen molar-refractivity contribution in [2.75, 3.05) is 0 Å². The molecule has 1 saturated carbocycles. The van der Waals surface area contributed by atoms with Crippen LogP contribution in [0, 0.1) is 18.6 Å². The third-order valence-corrected chi connectivity index (χ3v) is 4.02. The first-order chi connectivity index (χ1) is 9.13. The molecule has 1 aromatic heterocycles. The van der Waals surface area contributed by atoms with E-state index < -0.39 is 11.6 Å². The van der Waals surface area contributed by atoms with Crippen molar-refractivity contribution < 1.29 is 8.78 Å². The molecule has 1 heterocycles. The van der Waals surface area contributed by atoms with E-state index in [0.717, 1.165) is 11.1 Å². The van der Waals surface area contributed by atoms with Gasteiger partial charge in [0.05, 0.1) is 0 Å². The predicted octanol–water partition coefficient (Wildman–Crippen LogP) is 3.04. The summed E-state index contributed by atoms with van der Waals surface area (Å²) in [6.07, 6.45) is 2.41. The van der Waals surface area contributed by atoms with Gasteiger partial charge in [-0.15, -0.1) is 10.2 Å². The predicted molar refractivity (Wildman–Crippen MR) is 69.9 cm³/mol. The molecular weight excluding hydrogens is 268 g/mol. The first-order valence-electron chi connectivity index (χ1n) is 6.15. The molecule has 0 aliphatic heterocycles. The van der Waals surface area contributed by atoms with Crippen LogP contribution in [0.3, 0.4) is 0 Å². The Morgan fingerprint density at radius 3 is 2.79 bits per heavy atom. The summed E-state index contributed by atoms with van der Waals surface area (Å²) in [5.74, 6) is -1.14. The highest BCUT2D eigenvalue weighted by Gasteiger charge is 2.21. The Labute approximate surface area is 113 Å². The maximum atomic E-state index is 13.7. The van der Waals surface area contributed by atoms with Crippen LogP contribution in [-0.2, 0) is 6.54 Å². The summed E-state index contributed by atoms with van der Waals surface area (Å²) in [6, 6.07) is 2.97. The van der Waals surface area contributed by atoms with E-state index in [9.17, 15) is 8.78 Å². The van der Waals surface area contributed by atoms with Gasteiger partial charge in [-0.1, -0.05) is 11.3 Å². The fourth-order valence-corrected chi connectivity index (χ4v) is 2.58. The van der Waals surface area contributed by atoms with Crippen molar-refractivity contribution in [1.82, 2.24) is 15.5 Å². The molecule has 100 valence electrons. The van der Waals surface area contributed by atoms with Crippen molar-refractivity contribution in [3.8, 4) is 10.6 Å². The first kappa shape index (κ1) is 12.6. The van der Waals surface area contributed by atoms with Crippen LogP contribution in [0.15, 0.2) is 12.1 Å².